The molecule has 1 unspecified atom stereocenters. The predicted molar refractivity (Wildman–Crippen MR) is 98.1 cm³/mol. The van der Waals surface area contributed by atoms with Crippen molar-refractivity contribution < 1.29 is 13.9 Å². The van der Waals surface area contributed by atoms with Crippen LogP contribution in [0, 0.1) is 5.82 Å². The highest BCUT2D eigenvalue weighted by molar-refractivity contribution is 5.80. The average molecular weight is 359 g/mol. The molecule has 0 radical (unpaired) electrons. The fourth-order valence-electron chi connectivity index (χ4n) is 3.23. The lowest BCUT2D eigenvalue weighted by Gasteiger charge is -2.20. The molecule has 1 N–H and O–H groups in total. The monoisotopic (exact) mass is 359 g/mol. The minimum Gasteiger partial charge on any atom is -0.368 e. The number of halogens is 1. The van der Waals surface area contributed by atoms with Crippen LogP contribution in [-0.4, -0.2) is 47.3 Å². The molecule has 5 nitrogen and oxygen atoms in total. The second-order valence-electron chi connectivity index (χ2n) is 6.86. The summed E-state index contributed by atoms with van der Waals surface area (Å²) in [5.74, 6) is -0.132. The van der Waals surface area contributed by atoms with Crippen LogP contribution < -0.4 is 0 Å². The number of aromatic amines is 1. The van der Waals surface area contributed by atoms with Gasteiger partial charge in [-0.25, -0.2) is 4.39 Å². The lowest BCUT2D eigenvalue weighted by atomic mass is 10.1. The van der Waals surface area contributed by atoms with E-state index in [2.05, 4.69) is 10.2 Å². The standard InChI is InChI=1S/C20H26FN3O2/c1-24(20(25)19-7-5-13-26-19)12-4-2-3-6-17-14-18(23-22-17)15-8-10-16(21)11-9-15/h8-11,14,19H,2-7,12-13H2,1H3,(H,22,23). The Balaban J connectivity index is 1.36. The molecular formula is C20H26FN3O2. The average Bonchev–Trinajstić information content (AvgIpc) is 3.33. The maximum absolute atomic E-state index is 13.0. The van der Waals surface area contributed by atoms with Gasteiger partial charge in [-0.1, -0.05) is 6.42 Å². The predicted octanol–water partition coefficient (Wildman–Crippen LogP) is 3.57. The number of benzene rings is 1. The summed E-state index contributed by atoms with van der Waals surface area (Å²) in [6.07, 6.45) is 5.58. The molecule has 0 aliphatic carbocycles. The summed E-state index contributed by atoms with van der Waals surface area (Å²) >= 11 is 0. The normalized spacial score (nSPS) is 16.8. The Morgan fingerprint density at radius 1 is 1.31 bits per heavy atom. The lowest BCUT2D eigenvalue weighted by molar-refractivity contribution is -0.139. The highest BCUT2D eigenvalue weighted by atomic mass is 19.1. The van der Waals surface area contributed by atoms with Gasteiger partial charge in [-0.2, -0.15) is 5.10 Å². The summed E-state index contributed by atoms with van der Waals surface area (Å²) in [6, 6.07) is 8.36. The third-order valence-electron chi connectivity index (χ3n) is 4.79. The van der Waals surface area contributed by atoms with Crippen molar-refractivity contribution in [2.45, 2.75) is 44.6 Å². The second-order valence-corrected chi connectivity index (χ2v) is 6.86. The molecule has 1 aromatic heterocycles. The molecule has 1 saturated heterocycles. The van der Waals surface area contributed by atoms with Crippen LogP contribution in [0.1, 0.15) is 37.8 Å². The van der Waals surface area contributed by atoms with Gasteiger partial charge in [-0.05, 0) is 62.4 Å². The van der Waals surface area contributed by atoms with Crippen LogP contribution in [0.4, 0.5) is 4.39 Å². The van der Waals surface area contributed by atoms with Crippen molar-refractivity contribution in [3.05, 3.63) is 41.8 Å². The van der Waals surface area contributed by atoms with E-state index in [1.54, 1.807) is 17.0 Å². The number of nitrogens with one attached hydrogen (secondary N) is 1. The number of hydrogen-bond donors (Lipinski definition) is 1. The molecule has 1 fully saturated rings. The van der Waals surface area contributed by atoms with E-state index in [0.29, 0.717) is 6.61 Å². The molecule has 26 heavy (non-hydrogen) atoms. The van der Waals surface area contributed by atoms with Crippen LogP contribution in [0.5, 0.6) is 0 Å². The Kier molecular flexibility index (Phi) is 6.39. The van der Waals surface area contributed by atoms with E-state index in [-0.39, 0.29) is 17.8 Å². The molecule has 0 spiro atoms. The van der Waals surface area contributed by atoms with Gasteiger partial charge in [0.25, 0.3) is 5.91 Å². The van der Waals surface area contributed by atoms with E-state index >= 15 is 0 Å². The lowest BCUT2D eigenvalue weighted by Crippen LogP contribution is -2.36. The van der Waals surface area contributed by atoms with E-state index in [1.807, 2.05) is 13.1 Å². The van der Waals surface area contributed by atoms with Crippen molar-refractivity contribution in [3.63, 3.8) is 0 Å². The highest BCUT2D eigenvalue weighted by Crippen LogP contribution is 2.19. The molecule has 0 bridgehead atoms. The summed E-state index contributed by atoms with van der Waals surface area (Å²) in [5, 5.41) is 7.35. The molecule has 1 aromatic carbocycles. The smallest absolute Gasteiger partial charge is 0.251 e. The van der Waals surface area contributed by atoms with Gasteiger partial charge in [-0.3, -0.25) is 9.89 Å². The van der Waals surface area contributed by atoms with Crippen molar-refractivity contribution in [1.82, 2.24) is 15.1 Å². The van der Waals surface area contributed by atoms with E-state index in [1.165, 1.54) is 12.1 Å². The van der Waals surface area contributed by atoms with E-state index in [9.17, 15) is 9.18 Å². The van der Waals surface area contributed by atoms with Crippen molar-refractivity contribution >= 4 is 5.91 Å². The Hall–Kier alpha value is -2.21. The number of nitrogens with zero attached hydrogens (tertiary/aromatic N) is 2. The van der Waals surface area contributed by atoms with Crippen LogP contribution in [0.25, 0.3) is 11.3 Å². The summed E-state index contributed by atoms with van der Waals surface area (Å²) in [7, 11) is 1.86. The zero-order valence-corrected chi connectivity index (χ0v) is 15.2. The van der Waals surface area contributed by atoms with E-state index < -0.39 is 0 Å². The first-order chi connectivity index (χ1) is 12.6. The topological polar surface area (TPSA) is 58.2 Å². The Labute approximate surface area is 153 Å². The van der Waals surface area contributed by atoms with Crippen LogP contribution >= 0.6 is 0 Å². The van der Waals surface area contributed by atoms with Crippen molar-refractivity contribution in [1.29, 1.82) is 0 Å². The molecule has 3 rings (SSSR count). The maximum atomic E-state index is 13.0. The van der Waals surface area contributed by atoms with Crippen molar-refractivity contribution in [2.24, 2.45) is 0 Å². The fraction of sp³-hybridized carbons (Fsp3) is 0.500. The summed E-state index contributed by atoms with van der Waals surface area (Å²) in [4.78, 5) is 13.9. The molecule has 2 aromatic rings. The van der Waals surface area contributed by atoms with Gasteiger partial charge in [-0.15, -0.1) is 0 Å². The molecule has 6 heteroatoms. The minimum absolute atomic E-state index is 0.111. The summed E-state index contributed by atoms with van der Waals surface area (Å²) < 4.78 is 18.4. The SMILES string of the molecule is CN(CCCCCc1cc(-c2ccc(F)cc2)n[nH]1)C(=O)C1CCCO1. The molecule has 1 aliphatic rings. The van der Waals surface area contributed by atoms with E-state index in [4.69, 9.17) is 4.74 Å². The van der Waals surface area contributed by atoms with Gasteiger partial charge < -0.3 is 9.64 Å². The van der Waals surface area contributed by atoms with Gasteiger partial charge in [0.05, 0.1) is 5.69 Å². The Morgan fingerprint density at radius 3 is 2.85 bits per heavy atom. The summed E-state index contributed by atoms with van der Waals surface area (Å²) in [6.45, 7) is 1.47. The largest absolute Gasteiger partial charge is 0.368 e. The zero-order valence-electron chi connectivity index (χ0n) is 15.2. The third kappa shape index (κ3) is 4.91. The first-order valence-electron chi connectivity index (χ1n) is 9.30. The Morgan fingerprint density at radius 2 is 2.12 bits per heavy atom. The molecule has 1 atom stereocenters. The third-order valence-corrected chi connectivity index (χ3v) is 4.79. The van der Waals surface area contributed by atoms with Gasteiger partial charge in [0.1, 0.15) is 11.9 Å². The number of likely N-dealkylation sites (N-methyl/N-ethyl adjacent to an activating group) is 1. The molecule has 0 saturated carbocycles. The zero-order chi connectivity index (χ0) is 18.4. The number of hydrogen-bond acceptors (Lipinski definition) is 3. The van der Waals surface area contributed by atoms with Gasteiger partial charge in [0.2, 0.25) is 0 Å². The Bertz CT molecular complexity index is 708. The number of amides is 1. The van der Waals surface area contributed by atoms with Crippen molar-refractivity contribution in [3.8, 4) is 11.3 Å². The molecule has 2 heterocycles. The van der Waals surface area contributed by atoms with Gasteiger partial charge >= 0.3 is 0 Å². The number of aryl methyl sites for hydroxylation is 1. The number of ether oxygens (including phenoxy) is 1. The maximum Gasteiger partial charge on any atom is 0.251 e. The van der Waals surface area contributed by atoms with Crippen LogP contribution in [0.3, 0.4) is 0 Å². The van der Waals surface area contributed by atoms with Gasteiger partial charge in [0, 0.05) is 31.5 Å². The van der Waals surface area contributed by atoms with Crippen LogP contribution in [0.15, 0.2) is 30.3 Å². The molecule has 140 valence electrons. The number of unbranched alkanes of at least 4 members (excludes halogenated alkanes) is 2. The number of carbonyl (C=O) groups is 1. The van der Waals surface area contributed by atoms with Crippen LogP contribution in [0.2, 0.25) is 0 Å². The van der Waals surface area contributed by atoms with E-state index in [0.717, 1.165) is 62.0 Å². The minimum atomic E-state index is -0.243. The highest BCUT2D eigenvalue weighted by Gasteiger charge is 2.25. The first-order valence-corrected chi connectivity index (χ1v) is 9.30. The van der Waals surface area contributed by atoms with Crippen molar-refractivity contribution in [2.75, 3.05) is 20.2 Å². The number of rotatable bonds is 8. The number of aromatic nitrogens is 2. The number of carbonyl (C=O) groups excluding carboxylic acids is 1. The molecular weight excluding hydrogens is 333 g/mol. The number of H-pyrrole nitrogens is 1. The second kappa shape index (κ2) is 8.94. The first kappa shape index (κ1) is 18.6. The fourth-order valence-corrected chi connectivity index (χ4v) is 3.23. The van der Waals surface area contributed by atoms with Crippen LogP contribution in [-0.2, 0) is 16.0 Å². The molecule has 1 amide bonds. The van der Waals surface area contributed by atoms with Gasteiger partial charge in [0.15, 0.2) is 0 Å². The summed E-state index contributed by atoms with van der Waals surface area (Å²) in [5.41, 5.74) is 2.82. The quantitative estimate of drug-likeness (QED) is 0.733. The molecule has 1 aliphatic heterocycles.